The van der Waals surface area contributed by atoms with Crippen molar-refractivity contribution in [3.63, 3.8) is 0 Å². The monoisotopic (exact) mass is 360 g/mol. The molecule has 0 saturated heterocycles. The van der Waals surface area contributed by atoms with Gasteiger partial charge in [0.1, 0.15) is 6.04 Å². The number of halogens is 1. The highest BCUT2D eigenvalue weighted by molar-refractivity contribution is 7.99. The summed E-state index contributed by atoms with van der Waals surface area (Å²) in [5.74, 6) is -3.19. The van der Waals surface area contributed by atoms with Crippen LogP contribution >= 0.6 is 11.8 Å². The topological polar surface area (TPSA) is 119 Å². The third kappa shape index (κ3) is 5.46. The average molecular weight is 360 g/mol. The van der Waals surface area contributed by atoms with E-state index in [1.807, 2.05) is 0 Å². The van der Waals surface area contributed by atoms with Crippen molar-refractivity contribution >= 4 is 29.4 Å². The lowest BCUT2D eigenvalue weighted by molar-refractivity contribution is -0.390. The maximum atomic E-state index is 13.5. The molecule has 0 bridgehead atoms. The number of hydrogen-bond donors (Lipinski definition) is 2. The smallest absolute Gasteiger partial charge is 0.330 e. The molecule has 8 nitrogen and oxygen atoms in total. The van der Waals surface area contributed by atoms with E-state index in [4.69, 9.17) is 9.94 Å². The Hall–Kier alpha value is -2.20. The van der Waals surface area contributed by atoms with Crippen LogP contribution in [0.25, 0.3) is 0 Å². The van der Waals surface area contributed by atoms with E-state index >= 15 is 0 Å². The molecule has 0 spiro atoms. The van der Waals surface area contributed by atoms with Gasteiger partial charge in [-0.3, -0.25) is 14.9 Å². The summed E-state index contributed by atoms with van der Waals surface area (Å²) in [6.07, 6.45) is 0. The quantitative estimate of drug-likeness (QED) is 0.432. The third-order valence-electron chi connectivity index (χ3n) is 2.74. The summed E-state index contributed by atoms with van der Waals surface area (Å²) >= 11 is 0.769. The summed E-state index contributed by atoms with van der Waals surface area (Å²) in [5, 5.41) is 20.0. The zero-order chi connectivity index (χ0) is 18.5. The molecule has 1 atom stereocenters. The largest absolute Gasteiger partial charge is 0.480 e. The number of nitro groups is 1. The van der Waals surface area contributed by atoms with E-state index in [-0.39, 0.29) is 10.6 Å². The maximum absolute atomic E-state index is 13.5. The van der Waals surface area contributed by atoms with Crippen LogP contribution in [0.15, 0.2) is 23.1 Å². The van der Waals surface area contributed by atoms with E-state index in [0.717, 1.165) is 17.8 Å². The summed E-state index contributed by atoms with van der Waals surface area (Å²) in [6.45, 7) is 4.78. The number of benzene rings is 1. The van der Waals surface area contributed by atoms with Gasteiger partial charge in [-0.2, -0.15) is 4.39 Å². The molecular weight excluding hydrogens is 343 g/mol. The lowest BCUT2D eigenvalue weighted by Crippen LogP contribution is -2.42. The van der Waals surface area contributed by atoms with E-state index in [1.165, 1.54) is 12.1 Å². The van der Waals surface area contributed by atoms with Crippen LogP contribution < -0.4 is 5.48 Å². The zero-order valence-electron chi connectivity index (χ0n) is 13.2. The zero-order valence-corrected chi connectivity index (χ0v) is 14.1. The van der Waals surface area contributed by atoms with Crippen molar-refractivity contribution < 1.29 is 28.8 Å². The molecule has 1 aromatic rings. The average Bonchev–Trinajstić information content (AvgIpc) is 2.44. The standard InChI is InChI=1S/C14H17FN2O6S/c1-14(2,3)13(20)23-16-9(12(18)19)7-24-10-6-4-5-8(15)11(10)17(21)22/h4-6,9,16H,7H2,1-3H3,(H,18,19)/t9-/m0/s1. The van der Waals surface area contributed by atoms with Gasteiger partial charge in [-0.15, -0.1) is 17.2 Å². The Labute approximate surface area is 141 Å². The number of hydrogen-bond acceptors (Lipinski definition) is 7. The number of thioether (sulfide) groups is 1. The van der Waals surface area contributed by atoms with E-state index in [1.54, 1.807) is 20.8 Å². The molecule has 0 unspecified atom stereocenters. The molecule has 0 radical (unpaired) electrons. The minimum absolute atomic E-state index is 0.0183. The first-order chi connectivity index (χ1) is 11.0. The van der Waals surface area contributed by atoms with E-state index < -0.39 is 39.8 Å². The SMILES string of the molecule is CC(C)(C)C(=O)ON[C@@H](CSc1cccc(F)c1[N+](=O)[O-])C(=O)O. The molecule has 0 heterocycles. The second-order valence-corrected chi connectivity index (χ2v) is 6.86. The van der Waals surface area contributed by atoms with Crippen LogP contribution in [-0.2, 0) is 14.4 Å². The van der Waals surface area contributed by atoms with Gasteiger partial charge in [-0.1, -0.05) is 6.07 Å². The molecule has 24 heavy (non-hydrogen) atoms. The van der Waals surface area contributed by atoms with Gasteiger partial charge in [0.05, 0.1) is 15.2 Å². The van der Waals surface area contributed by atoms with Gasteiger partial charge >= 0.3 is 17.6 Å². The van der Waals surface area contributed by atoms with Crippen LogP contribution in [-0.4, -0.2) is 33.8 Å². The van der Waals surface area contributed by atoms with Gasteiger partial charge in [0, 0.05) is 5.75 Å². The van der Waals surface area contributed by atoms with Crippen molar-refractivity contribution in [2.24, 2.45) is 5.41 Å². The second-order valence-electron chi connectivity index (χ2n) is 5.80. The lowest BCUT2D eigenvalue weighted by atomic mass is 9.98. The fourth-order valence-corrected chi connectivity index (χ4v) is 2.44. The van der Waals surface area contributed by atoms with Crippen molar-refractivity contribution in [1.82, 2.24) is 5.48 Å². The Morgan fingerprint density at radius 2 is 2.08 bits per heavy atom. The minimum atomic E-state index is -1.32. The Bertz CT molecular complexity index is 647. The van der Waals surface area contributed by atoms with Gasteiger partial charge in [-0.05, 0) is 32.9 Å². The van der Waals surface area contributed by atoms with Crippen LogP contribution in [0.2, 0.25) is 0 Å². The molecule has 0 amide bonds. The predicted octanol–water partition coefficient (Wildman–Crippen LogP) is 2.37. The predicted molar refractivity (Wildman–Crippen MR) is 83.9 cm³/mol. The molecule has 0 saturated carbocycles. The minimum Gasteiger partial charge on any atom is -0.480 e. The molecule has 1 rings (SSSR count). The number of aliphatic carboxylic acids is 1. The second kappa shape index (κ2) is 8.06. The van der Waals surface area contributed by atoms with Crippen LogP contribution in [0.3, 0.4) is 0 Å². The Morgan fingerprint density at radius 3 is 2.58 bits per heavy atom. The van der Waals surface area contributed by atoms with Crippen LogP contribution in [0.5, 0.6) is 0 Å². The molecule has 2 N–H and O–H groups in total. The molecule has 0 fully saturated rings. The first kappa shape index (κ1) is 19.8. The molecular formula is C14H17FN2O6S. The Kier molecular flexibility index (Phi) is 6.67. The summed E-state index contributed by atoms with van der Waals surface area (Å²) in [6, 6.07) is 2.23. The van der Waals surface area contributed by atoms with Crippen molar-refractivity contribution in [3.05, 3.63) is 34.1 Å². The molecule has 10 heteroatoms. The molecule has 0 aromatic heterocycles. The van der Waals surface area contributed by atoms with Crippen LogP contribution in [0.1, 0.15) is 20.8 Å². The molecule has 132 valence electrons. The number of hydroxylamine groups is 1. The van der Waals surface area contributed by atoms with Crippen molar-refractivity contribution in [2.75, 3.05) is 5.75 Å². The fraction of sp³-hybridized carbons (Fsp3) is 0.429. The van der Waals surface area contributed by atoms with Crippen LogP contribution in [0.4, 0.5) is 10.1 Å². The highest BCUT2D eigenvalue weighted by Gasteiger charge is 2.28. The Balaban J connectivity index is 2.79. The summed E-state index contributed by atoms with van der Waals surface area (Å²) in [7, 11) is 0. The van der Waals surface area contributed by atoms with Crippen molar-refractivity contribution in [3.8, 4) is 0 Å². The molecule has 0 aliphatic heterocycles. The third-order valence-corrected chi connectivity index (χ3v) is 3.88. The highest BCUT2D eigenvalue weighted by Crippen LogP contribution is 2.31. The van der Waals surface area contributed by atoms with E-state index in [2.05, 4.69) is 5.48 Å². The van der Waals surface area contributed by atoms with Gasteiger partial charge < -0.3 is 9.94 Å². The highest BCUT2D eigenvalue weighted by atomic mass is 32.2. The number of carbonyl (C=O) groups is 2. The Morgan fingerprint density at radius 1 is 1.46 bits per heavy atom. The number of carboxylic acid groups (broad SMARTS) is 1. The van der Waals surface area contributed by atoms with Gasteiger partial charge in [0.15, 0.2) is 0 Å². The number of carbonyl (C=O) groups excluding carboxylic acids is 1. The fourth-order valence-electron chi connectivity index (χ4n) is 1.40. The number of rotatable bonds is 7. The first-order valence-electron chi connectivity index (χ1n) is 6.79. The maximum Gasteiger partial charge on any atom is 0.330 e. The lowest BCUT2D eigenvalue weighted by Gasteiger charge is -2.19. The normalized spacial score (nSPS) is 12.5. The van der Waals surface area contributed by atoms with E-state index in [9.17, 15) is 24.1 Å². The summed E-state index contributed by atoms with van der Waals surface area (Å²) < 4.78 is 13.5. The number of carboxylic acids is 1. The molecule has 0 aliphatic rings. The van der Waals surface area contributed by atoms with Crippen molar-refractivity contribution in [1.29, 1.82) is 0 Å². The number of para-hydroxylation sites is 1. The van der Waals surface area contributed by atoms with Gasteiger partial charge in [0.25, 0.3) is 0 Å². The van der Waals surface area contributed by atoms with E-state index in [0.29, 0.717) is 0 Å². The van der Waals surface area contributed by atoms with Gasteiger partial charge in [-0.25, -0.2) is 4.79 Å². The number of nitro benzene ring substituents is 1. The number of nitrogens with one attached hydrogen (secondary N) is 1. The summed E-state index contributed by atoms with van der Waals surface area (Å²) in [5.41, 5.74) is 0.573. The van der Waals surface area contributed by atoms with Gasteiger partial charge in [0.2, 0.25) is 5.82 Å². The first-order valence-corrected chi connectivity index (χ1v) is 7.78. The summed E-state index contributed by atoms with van der Waals surface area (Å²) in [4.78, 5) is 37.6. The number of nitrogens with zero attached hydrogens (tertiary/aromatic N) is 1. The van der Waals surface area contributed by atoms with Crippen molar-refractivity contribution in [2.45, 2.75) is 31.7 Å². The van der Waals surface area contributed by atoms with Crippen LogP contribution in [0, 0.1) is 21.3 Å². The molecule has 0 aliphatic carbocycles. The molecule has 1 aromatic carbocycles.